The quantitative estimate of drug-likeness (QED) is 0.596. The number of sulfonamides is 1. The van der Waals surface area contributed by atoms with Crippen molar-refractivity contribution in [1.82, 2.24) is 14.5 Å². The second-order valence-electron chi connectivity index (χ2n) is 7.62. The molecule has 0 unspecified atom stereocenters. The van der Waals surface area contributed by atoms with Crippen molar-refractivity contribution >= 4 is 21.6 Å². The SMILES string of the molecule is COCCN([C@@H](C)c1nnc(C(C)(C)C)o1)S(=O)(=O)c1ccc(C(F)(F)F)cc1Cl. The van der Waals surface area contributed by atoms with E-state index in [1.54, 1.807) is 0 Å². The van der Waals surface area contributed by atoms with Crippen LogP contribution in [0.4, 0.5) is 13.2 Å². The molecule has 0 bridgehead atoms. The molecule has 2 rings (SSSR count). The first-order valence-corrected chi connectivity index (χ1v) is 10.7. The van der Waals surface area contributed by atoms with Gasteiger partial charge in [0.25, 0.3) is 0 Å². The van der Waals surface area contributed by atoms with Crippen molar-refractivity contribution < 1.29 is 30.7 Å². The molecule has 0 fully saturated rings. The van der Waals surface area contributed by atoms with Crippen LogP contribution in [0.5, 0.6) is 0 Å². The van der Waals surface area contributed by atoms with Crippen molar-refractivity contribution in [3.8, 4) is 0 Å². The lowest BCUT2D eigenvalue weighted by Gasteiger charge is -2.26. The number of hydrogen-bond donors (Lipinski definition) is 0. The summed E-state index contributed by atoms with van der Waals surface area (Å²) in [5.41, 5.74) is -1.49. The maximum atomic E-state index is 13.3. The van der Waals surface area contributed by atoms with Crippen molar-refractivity contribution in [2.45, 2.75) is 50.2 Å². The molecule has 0 radical (unpaired) electrons. The van der Waals surface area contributed by atoms with E-state index in [0.717, 1.165) is 10.4 Å². The summed E-state index contributed by atoms with van der Waals surface area (Å²) >= 11 is 5.92. The first kappa shape index (κ1) is 24.6. The predicted molar refractivity (Wildman–Crippen MR) is 104 cm³/mol. The number of methoxy groups -OCH3 is 1. The Morgan fingerprint density at radius 3 is 2.33 bits per heavy atom. The van der Waals surface area contributed by atoms with Gasteiger partial charge < -0.3 is 9.15 Å². The smallest absolute Gasteiger partial charge is 0.416 e. The maximum absolute atomic E-state index is 13.3. The number of hydrogen-bond acceptors (Lipinski definition) is 6. The van der Waals surface area contributed by atoms with Crippen LogP contribution in [0, 0.1) is 0 Å². The fourth-order valence-corrected chi connectivity index (χ4v) is 4.64. The third-order valence-electron chi connectivity index (χ3n) is 4.23. The number of aromatic nitrogens is 2. The molecule has 0 saturated heterocycles. The van der Waals surface area contributed by atoms with E-state index in [4.69, 9.17) is 20.8 Å². The van der Waals surface area contributed by atoms with E-state index in [1.165, 1.54) is 14.0 Å². The van der Waals surface area contributed by atoms with Crippen LogP contribution in [-0.2, 0) is 26.4 Å². The zero-order valence-electron chi connectivity index (χ0n) is 17.1. The van der Waals surface area contributed by atoms with E-state index in [-0.39, 0.29) is 19.0 Å². The van der Waals surface area contributed by atoms with E-state index >= 15 is 0 Å². The van der Waals surface area contributed by atoms with Gasteiger partial charge in [-0.25, -0.2) is 8.42 Å². The molecule has 1 heterocycles. The lowest BCUT2D eigenvalue weighted by Crippen LogP contribution is -2.36. The average Bonchev–Trinajstić information content (AvgIpc) is 3.11. The summed E-state index contributed by atoms with van der Waals surface area (Å²) < 4.78 is 76.9. The summed E-state index contributed by atoms with van der Waals surface area (Å²) in [6.07, 6.45) is -4.65. The number of nitrogens with zero attached hydrogens (tertiary/aromatic N) is 3. The van der Waals surface area contributed by atoms with Gasteiger partial charge in [-0.05, 0) is 25.1 Å². The molecule has 0 spiro atoms. The van der Waals surface area contributed by atoms with Crippen LogP contribution in [0.1, 0.15) is 51.1 Å². The molecule has 7 nitrogen and oxygen atoms in total. The van der Waals surface area contributed by atoms with Crippen LogP contribution in [0.3, 0.4) is 0 Å². The van der Waals surface area contributed by atoms with E-state index in [9.17, 15) is 21.6 Å². The van der Waals surface area contributed by atoms with Gasteiger partial charge in [-0.2, -0.15) is 17.5 Å². The minimum absolute atomic E-state index is 0.0299. The summed E-state index contributed by atoms with van der Waals surface area (Å²) in [7, 11) is -2.92. The molecule has 0 aliphatic rings. The number of halogens is 4. The Kier molecular flexibility index (Phi) is 7.22. The number of alkyl halides is 3. The number of benzene rings is 1. The number of ether oxygens (including phenoxy) is 1. The van der Waals surface area contributed by atoms with Crippen LogP contribution in [0.15, 0.2) is 27.5 Å². The molecule has 0 amide bonds. The van der Waals surface area contributed by atoms with E-state index in [0.29, 0.717) is 18.0 Å². The molecule has 12 heteroatoms. The molecule has 30 heavy (non-hydrogen) atoms. The summed E-state index contributed by atoms with van der Waals surface area (Å²) in [6, 6.07) is 1.17. The Hall–Kier alpha value is -1.69. The van der Waals surface area contributed by atoms with Crippen LogP contribution in [-0.4, -0.2) is 43.2 Å². The van der Waals surface area contributed by atoms with Crippen LogP contribution in [0.25, 0.3) is 0 Å². The molecule has 0 aliphatic carbocycles. The topological polar surface area (TPSA) is 85.5 Å². The highest BCUT2D eigenvalue weighted by atomic mass is 35.5. The third-order valence-corrected chi connectivity index (χ3v) is 6.69. The molecule has 1 atom stereocenters. The highest BCUT2D eigenvalue weighted by Gasteiger charge is 2.37. The van der Waals surface area contributed by atoms with E-state index in [2.05, 4.69) is 10.2 Å². The Labute approximate surface area is 178 Å². The molecular weight excluding hydrogens is 447 g/mol. The fourth-order valence-electron chi connectivity index (χ4n) is 2.55. The molecule has 1 aromatic carbocycles. The van der Waals surface area contributed by atoms with Gasteiger partial charge in [-0.3, -0.25) is 0 Å². The van der Waals surface area contributed by atoms with Crippen molar-refractivity contribution in [2.75, 3.05) is 20.3 Å². The number of rotatable bonds is 7. The van der Waals surface area contributed by atoms with Gasteiger partial charge in [0.15, 0.2) is 0 Å². The highest BCUT2D eigenvalue weighted by Crippen LogP contribution is 2.36. The molecule has 0 N–H and O–H groups in total. The molecule has 1 aromatic heterocycles. The fraction of sp³-hybridized carbons (Fsp3) is 0.556. The molecule has 0 saturated carbocycles. The van der Waals surface area contributed by atoms with E-state index in [1.807, 2.05) is 20.8 Å². The summed E-state index contributed by atoms with van der Waals surface area (Å²) in [5.74, 6) is 0.364. The third kappa shape index (κ3) is 5.32. The summed E-state index contributed by atoms with van der Waals surface area (Å²) in [6.45, 7) is 7.03. The van der Waals surface area contributed by atoms with Crippen molar-refractivity contribution in [3.05, 3.63) is 40.6 Å². The lowest BCUT2D eigenvalue weighted by atomic mass is 9.97. The van der Waals surface area contributed by atoms with Gasteiger partial charge in [0, 0.05) is 19.1 Å². The predicted octanol–water partition coefficient (Wildman–Crippen LogP) is 4.44. The first-order chi connectivity index (χ1) is 13.7. The Morgan fingerprint density at radius 2 is 1.87 bits per heavy atom. The van der Waals surface area contributed by atoms with Crippen molar-refractivity contribution in [1.29, 1.82) is 0 Å². The largest absolute Gasteiger partial charge is 0.423 e. The Balaban J connectivity index is 2.48. The minimum atomic E-state index is -4.65. The van der Waals surface area contributed by atoms with E-state index < -0.39 is 43.1 Å². The minimum Gasteiger partial charge on any atom is -0.423 e. The van der Waals surface area contributed by atoms with Gasteiger partial charge >= 0.3 is 6.18 Å². The molecular formula is C18H23ClF3N3O4S. The van der Waals surface area contributed by atoms with Crippen LogP contribution >= 0.6 is 11.6 Å². The van der Waals surface area contributed by atoms with Crippen molar-refractivity contribution in [2.24, 2.45) is 0 Å². The maximum Gasteiger partial charge on any atom is 0.416 e. The lowest BCUT2D eigenvalue weighted by molar-refractivity contribution is -0.137. The summed E-state index contributed by atoms with van der Waals surface area (Å²) in [4.78, 5) is -0.462. The van der Waals surface area contributed by atoms with Gasteiger partial charge in [-0.1, -0.05) is 32.4 Å². The highest BCUT2D eigenvalue weighted by molar-refractivity contribution is 7.89. The normalized spacial score (nSPS) is 14.3. The van der Waals surface area contributed by atoms with Crippen molar-refractivity contribution in [3.63, 3.8) is 0 Å². The monoisotopic (exact) mass is 469 g/mol. The van der Waals surface area contributed by atoms with Gasteiger partial charge in [0.2, 0.25) is 21.8 Å². The standard InChI is InChI=1S/C18H23ClF3N3O4S/c1-11(15-23-24-16(29-15)17(2,3)4)25(8-9-28-5)30(26,27)14-7-6-12(10-13(14)19)18(20,21)22/h6-7,10-11H,8-9H2,1-5H3/t11-/m0/s1. The zero-order chi connectivity index (χ0) is 22.9. The van der Waals surface area contributed by atoms with Gasteiger partial charge in [-0.15, -0.1) is 10.2 Å². The van der Waals surface area contributed by atoms with Crippen LogP contribution < -0.4 is 0 Å². The first-order valence-electron chi connectivity index (χ1n) is 8.91. The summed E-state index contributed by atoms with van der Waals surface area (Å²) in [5, 5.41) is 7.36. The molecule has 0 aliphatic heterocycles. The Bertz CT molecular complexity index is 987. The average molecular weight is 470 g/mol. The Morgan fingerprint density at radius 1 is 1.23 bits per heavy atom. The second-order valence-corrected chi connectivity index (χ2v) is 9.89. The van der Waals surface area contributed by atoms with Gasteiger partial charge in [0.1, 0.15) is 10.9 Å². The molecule has 168 valence electrons. The zero-order valence-corrected chi connectivity index (χ0v) is 18.7. The van der Waals surface area contributed by atoms with Crippen LogP contribution in [0.2, 0.25) is 5.02 Å². The second kappa shape index (κ2) is 8.81. The molecule has 2 aromatic rings. The van der Waals surface area contributed by atoms with Gasteiger partial charge in [0.05, 0.1) is 17.2 Å².